The van der Waals surface area contributed by atoms with Gasteiger partial charge in [-0.3, -0.25) is 0 Å². The molecule has 0 atom stereocenters. The predicted octanol–water partition coefficient (Wildman–Crippen LogP) is 0.456. The van der Waals surface area contributed by atoms with E-state index in [1.807, 2.05) is 31.2 Å². The lowest BCUT2D eigenvalue weighted by Crippen LogP contribution is -2.22. The van der Waals surface area contributed by atoms with Crippen molar-refractivity contribution < 1.29 is 4.74 Å². The topological polar surface area (TPSA) is 21.6 Å². The molecule has 1 aromatic carbocycles. The highest BCUT2D eigenvalue weighted by atomic mass is 16.5. The molecule has 0 saturated carbocycles. The van der Waals surface area contributed by atoms with Gasteiger partial charge in [-0.15, -0.1) is 0 Å². The van der Waals surface area contributed by atoms with E-state index in [4.69, 9.17) is 4.74 Å². The first-order valence-electron chi connectivity index (χ1n) is 3.64. The lowest BCUT2D eigenvalue weighted by atomic mass is 10.2. The number of benzene rings is 1. The zero-order valence-electron chi connectivity index (χ0n) is 6.37. The molecular formula is C9H9NO. The van der Waals surface area contributed by atoms with Crippen LogP contribution in [0, 0.1) is 0 Å². The fourth-order valence-electron chi connectivity index (χ4n) is 1.22. The van der Waals surface area contributed by atoms with Crippen LogP contribution in [0.4, 0.5) is 0 Å². The number of hydrogen-bond donors (Lipinski definition) is 0. The van der Waals surface area contributed by atoms with E-state index in [0.29, 0.717) is 6.73 Å². The first kappa shape index (κ1) is 6.40. The summed E-state index contributed by atoms with van der Waals surface area (Å²) < 4.78 is 5.25. The minimum atomic E-state index is 0.472. The molecule has 2 rings (SSSR count). The van der Waals surface area contributed by atoms with Gasteiger partial charge in [0.1, 0.15) is 11.1 Å². The quantitative estimate of drug-likeness (QED) is 0.522. The van der Waals surface area contributed by atoms with Crippen molar-refractivity contribution in [3.8, 4) is 5.75 Å². The molecule has 0 saturated heterocycles. The fourth-order valence-corrected chi connectivity index (χ4v) is 1.22. The first-order valence-corrected chi connectivity index (χ1v) is 3.64. The van der Waals surface area contributed by atoms with Crippen LogP contribution in [-0.2, 0) is 0 Å². The Hall–Kier alpha value is -1.31. The van der Waals surface area contributed by atoms with Gasteiger partial charge in [0.15, 0.2) is 6.73 Å². The summed E-state index contributed by atoms with van der Waals surface area (Å²) in [5, 5.41) is 2.15. The number of ether oxygens (including phenoxy) is 1. The molecule has 56 valence electrons. The molecule has 0 spiro atoms. The zero-order valence-corrected chi connectivity index (χ0v) is 6.37. The van der Waals surface area contributed by atoms with Crippen molar-refractivity contribution in [1.82, 2.24) is 0 Å². The van der Waals surface area contributed by atoms with E-state index < -0.39 is 0 Å². The van der Waals surface area contributed by atoms with Crippen molar-refractivity contribution in [1.29, 1.82) is 0 Å². The van der Waals surface area contributed by atoms with Gasteiger partial charge in [-0.25, -0.2) is 4.99 Å². The molecule has 2 nitrogen and oxygen atoms in total. The maximum absolute atomic E-state index is 5.25. The van der Waals surface area contributed by atoms with Crippen LogP contribution in [0.2, 0.25) is 0 Å². The molecule has 1 aliphatic rings. The molecule has 0 aromatic heterocycles. The van der Waals surface area contributed by atoms with Crippen molar-refractivity contribution in [3.63, 3.8) is 0 Å². The Morgan fingerprint density at radius 1 is 1.55 bits per heavy atom. The van der Waals surface area contributed by atoms with E-state index in [1.165, 1.54) is 0 Å². The standard InChI is InChI=1S/C9H9NO/c1-2-7-4-3-5-8-9(7)10-6-11-8/h2-5H,6H2,1H3/b7-2-. The van der Waals surface area contributed by atoms with Crippen molar-refractivity contribution in [2.45, 2.75) is 6.92 Å². The van der Waals surface area contributed by atoms with E-state index >= 15 is 0 Å². The van der Waals surface area contributed by atoms with Gasteiger partial charge in [-0.05, 0) is 18.2 Å². The Morgan fingerprint density at radius 3 is 3.27 bits per heavy atom. The summed E-state index contributed by atoms with van der Waals surface area (Å²) in [6, 6.07) is 5.96. The van der Waals surface area contributed by atoms with Crippen LogP contribution < -0.4 is 15.3 Å². The van der Waals surface area contributed by atoms with Gasteiger partial charge in [0.25, 0.3) is 0 Å². The second kappa shape index (κ2) is 2.38. The Morgan fingerprint density at radius 2 is 2.45 bits per heavy atom. The third kappa shape index (κ3) is 0.909. The van der Waals surface area contributed by atoms with Gasteiger partial charge >= 0.3 is 0 Å². The highest BCUT2D eigenvalue weighted by Gasteiger charge is 2.03. The molecule has 0 fully saturated rings. The summed E-state index contributed by atoms with van der Waals surface area (Å²) in [5.41, 5.74) is 0. The summed E-state index contributed by atoms with van der Waals surface area (Å²) >= 11 is 0. The first-order chi connectivity index (χ1) is 5.42. The Bertz CT molecular complexity index is 381. The van der Waals surface area contributed by atoms with Gasteiger partial charge in [-0.2, -0.15) is 0 Å². The molecule has 1 aromatic rings. The summed E-state index contributed by atoms with van der Waals surface area (Å²) in [6.07, 6.45) is 2.04. The number of para-hydroxylation sites is 1. The monoisotopic (exact) mass is 147 g/mol. The molecule has 0 N–H and O–H groups in total. The summed E-state index contributed by atoms with van der Waals surface area (Å²) in [5.74, 6) is 0.903. The molecule has 0 bridgehead atoms. The zero-order chi connectivity index (χ0) is 7.68. The van der Waals surface area contributed by atoms with E-state index in [-0.39, 0.29) is 0 Å². The van der Waals surface area contributed by atoms with Crippen molar-refractivity contribution in [2.24, 2.45) is 4.99 Å². The van der Waals surface area contributed by atoms with Crippen LogP contribution in [0.5, 0.6) is 5.75 Å². The highest BCUT2D eigenvalue weighted by Crippen LogP contribution is 2.03. The smallest absolute Gasteiger partial charge is 0.180 e. The fraction of sp³-hybridized carbons (Fsp3) is 0.222. The molecule has 0 unspecified atom stereocenters. The highest BCUT2D eigenvalue weighted by molar-refractivity contribution is 5.29. The second-order valence-corrected chi connectivity index (χ2v) is 2.41. The Balaban J connectivity index is 2.87. The van der Waals surface area contributed by atoms with E-state index in [9.17, 15) is 0 Å². The van der Waals surface area contributed by atoms with Crippen molar-refractivity contribution in [2.75, 3.05) is 6.73 Å². The molecular weight excluding hydrogens is 138 g/mol. The largest absolute Gasteiger partial charge is 0.469 e. The van der Waals surface area contributed by atoms with Crippen molar-refractivity contribution in [3.05, 3.63) is 28.8 Å². The average molecular weight is 147 g/mol. The van der Waals surface area contributed by atoms with Crippen LogP contribution in [-0.4, -0.2) is 6.73 Å². The number of nitrogens with zero attached hydrogens (tertiary/aromatic N) is 1. The lowest BCUT2D eigenvalue weighted by Gasteiger charge is -1.92. The molecule has 11 heavy (non-hydrogen) atoms. The number of fused-ring (bicyclic) bond motifs is 1. The van der Waals surface area contributed by atoms with E-state index in [1.54, 1.807) is 0 Å². The van der Waals surface area contributed by atoms with Crippen LogP contribution in [0.3, 0.4) is 0 Å². The molecule has 0 amide bonds. The maximum atomic E-state index is 5.25. The Labute approximate surface area is 64.8 Å². The SMILES string of the molecule is C/C=c1/cccc2c1=NCO2. The summed E-state index contributed by atoms with van der Waals surface area (Å²) in [6.45, 7) is 2.48. The maximum Gasteiger partial charge on any atom is 0.180 e. The van der Waals surface area contributed by atoms with Crippen LogP contribution in [0.15, 0.2) is 23.2 Å². The molecule has 1 aliphatic heterocycles. The van der Waals surface area contributed by atoms with Crippen LogP contribution in [0.25, 0.3) is 6.08 Å². The van der Waals surface area contributed by atoms with Gasteiger partial charge in [0.2, 0.25) is 0 Å². The van der Waals surface area contributed by atoms with E-state index in [2.05, 4.69) is 4.99 Å². The third-order valence-electron chi connectivity index (χ3n) is 1.78. The number of hydrogen-bond acceptors (Lipinski definition) is 2. The van der Waals surface area contributed by atoms with Gasteiger partial charge in [-0.1, -0.05) is 18.2 Å². The summed E-state index contributed by atoms with van der Waals surface area (Å²) in [4.78, 5) is 4.22. The minimum absolute atomic E-state index is 0.472. The predicted molar refractivity (Wildman–Crippen MR) is 42.9 cm³/mol. The molecule has 0 aliphatic carbocycles. The van der Waals surface area contributed by atoms with Crippen LogP contribution >= 0.6 is 0 Å². The number of rotatable bonds is 0. The van der Waals surface area contributed by atoms with Gasteiger partial charge < -0.3 is 4.74 Å². The average Bonchev–Trinajstić information content (AvgIpc) is 2.50. The Kier molecular flexibility index (Phi) is 1.39. The summed E-state index contributed by atoms with van der Waals surface area (Å²) in [7, 11) is 0. The van der Waals surface area contributed by atoms with Crippen LogP contribution in [0.1, 0.15) is 6.92 Å². The molecule has 0 radical (unpaired) electrons. The molecule has 1 heterocycles. The van der Waals surface area contributed by atoms with E-state index in [0.717, 1.165) is 16.3 Å². The second-order valence-electron chi connectivity index (χ2n) is 2.41. The lowest BCUT2D eigenvalue weighted by molar-refractivity contribution is 0.352. The third-order valence-corrected chi connectivity index (χ3v) is 1.78. The minimum Gasteiger partial charge on any atom is -0.469 e. The van der Waals surface area contributed by atoms with Gasteiger partial charge in [0.05, 0.1) is 0 Å². The van der Waals surface area contributed by atoms with Gasteiger partial charge in [0, 0.05) is 0 Å². The molecule has 2 heteroatoms. The van der Waals surface area contributed by atoms with Crippen molar-refractivity contribution >= 4 is 6.08 Å². The normalized spacial score (nSPS) is 15.5.